The molecule has 36 heavy (non-hydrogen) atoms. The van der Waals surface area contributed by atoms with Crippen molar-refractivity contribution < 1.29 is 65.9 Å². The van der Waals surface area contributed by atoms with Gasteiger partial charge in [-0.05, 0) is 35.4 Å². The van der Waals surface area contributed by atoms with Crippen molar-refractivity contribution in [1.29, 1.82) is 0 Å². The Morgan fingerprint density at radius 2 is 0.889 bits per heavy atom. The molecule has 0 atom stereocenters. The van der Waals surface area contributed by atoms with Crippen LogP contribution in [-0.4, -0.2) is 70.5 Å². The molecule has 0 aliphatic heterocycles. The lowest BCUT2D eigenvalue weighted by Gasteiger charge is -2.48. The summed E-state index contributed by atoms with van der Waals surface area (Å²) in [6.07, 6.45) is -5.86. The molecule has 0 radical (unpaired) electrons. The summed E-state index contributed by atoms with van der Waals surface area (Å²) in [5.41, 5.74) is -14.9. The van der Waals surface area contributed by atoms with Gasteiger partial charge in [-0.1, -0.05) is 12.1 Å². The summed E-state index contributed by atoms with van der Waals surface area (Å²) in [4.78, 5) is 45.9. The largest absolute Gasteiger partial charge is 0.478 e. The monoisotopic (exact) mass is 522 g/mol. The van der Waals surface area contributed by atoms with Crippen molar-refractivity contribution in [3.05, 3.63) is 69.8 Å². The first-order valence-electron chi connectivity index (χ1n) is 9.62. The normalized spacial score (nSPS) is 12.3. The zero-order valence-corrected chi connectivity index (χ0v) is 17.8. The van der Waals surface area contributed by atoms with Crippen LogP contribution in [0.25, 0.3) is 0 Å². The van der Waals surface area contributed by atoms with E-state index in [0.717, 1.165) is 0 Å². The maximum Gasteiger partial charge on any atom is 0.403 e. The van der Waals surface area contributed by atoms with Gasteiger partial charge < -0.3 is 20.4 Å². The van der Waals surface area contributed by atoms with Crippen molar-refractivity contribution in [3.63, 3.8) is 0 Å². The molecule has 8 nitrogen and oxygen atoms in total. The highest BCUT2D eigenvalue weighted by Crippen LogP contribution is 2.58. The summed E-state index contributed by atoms with van der Waals surface area (Å²) >= 11 is 0. The molecular formula is C22H16F6O8. The Bertz CT molecular complexity index is 1140. The molecule has 0 amide bonds. The van der Waals surface area contributed by atoms with Crippen molar-refractivity contribution in [3.8, 4) is 0 Å². The molecule has 0 aliphatic rings. The van der Waals surface area contributed by atoms with Crippen LogP contribution in [0.5, 0.6) is 0 Å². The molecule has 2 aromatic rings. The number of benzene rings is 2. The van der Waals surface area contributed by atoms with Crippen LogP contribution < -0.4 is 0 Å². The quantitative estimate of drug-likeness (QED) is 0.339. The average Bonchev–Trinajstić information content (AvgIpc) is 2.80. The number of carboxylic acid groups (broad SMARTS) is 4. The summed E-state index contributed by atoms with van der Waals surface area (Å²) in [7, 11) is 0. The van der Waals surface area contributed by atoms with Crippen LogP contribution in [0.3, 0.4) is 0 Å². The number of carbonyl (C=O) groups is 4. The standard InChI is InChI=1S/C22H16F6O8/c23-7-20(8-24,9-25)21(22(26,27)28,10-1-3-12(16(29)30)14(5-10)18(33)34)11-2-4-13(17(31)32)15(6-11)19(35)36/h1-6H,7-9H2,(H,29,30)(H,31,32)(H,33,34)(H,35,36). The molecule has 0 unspecified atom stereocenters. The van der Waals surface area contributed by atoms with Gasteiger partial charge in [0, 0.05) is 0 Å². The van der Waals surface area contributed by atoms with Gasteiger partial charge in [-0.3, -0.25) is 13.2 Å². The average molecular weight is 522 g/mol. The number of aromatic carboxylic acids is 4. The second-order valence-electron chi connectivity index (χ2n) is 7.67. The summed E-state index contributed by atoms with van der Waals surface area (Å²) in [5.74, 6) is -7.82. The van der Waals surface area contributed by atoms with Gasteiger partial charge >= 0.3 is 30.1 Å². The van der Waals surface area contributed by atoms with E-state index in [9.17, 15) is 65.9 Å². The van der Waals surface area contributed by atoms with Crippen LogP contribution >= 0.6 is 0 Å². The van der Waals surface area contributed by atoms with Crippen LogP contribution in [-0.2, 0) is 5.41 Å². The first kappa shape index (κ1) is 28.1. The fourth-order valence-corrected chi connectivity index (χ4v) is 4.10. The summed E-state index contributed by atoms with van der Waals surface area (Å²) < 4.78 is 87.6. The summed E-state index contributed by atoms with van der Waals surface area (Å²) in [6.45, 7) is -6.98. The van der Waals surface area contributed by atoms with Crippen molar-refractivity contribution in [2.24, 2.45) is 5.41 Å². The van der Waals surface area contributed by atoms with Gasteiger partial charge in [-0.15, -0.1) is 0 Å². The van der Waals surface area contributed by atoms with E-state index in [1.165, 1.54) is 0 Å². The van der Waals surface area contributed by atoms with E-state index in [-0.39, 0.29) is 12.1 Å². The van der Waals surface area contributed by atoms with E-state index >= 15 is 0 Å². The molecule has 2 aromatic carbocycles. The number of hydrogen-bond donors (Lipinski definition) is 4. The lowest BCUT2D eigenvalue weighted by molar-refractivity contribution is -0.221. The van der Waals surface area contributed by atoms with E-state index < -0.39 is 94.3 Å². The smallest absolute Gasteiger partial charge is 0.403 e. The van der Waals surface area contributed by atoms with E-state index in [1.807, 2.05) is 0 Å². The Balaban J connectivity index is 3.24. The molecule has 0 aromatic heterocycles. The van der Waals surface area contributed by atoms with Crippen molar-refractivity contribution in [2.45, 2.75) is 11.6 Å². The molecule has 0 fully saturated rings. The zero-order valence-electron chi connectivity index (χ0n) is 17.8. The summed E-state index contributed by atoms with van der Waals surface area (Å²) in [5, 5.41) is 37.1. The minimum atomic E-state index is -5.86. The molecule has 0 bridgehead atoms. The number of alkyl halides is 6. The third-order valence-corrected chi connectivity index (χ3v) is 5.81. The molecular weight excluding hydrogens is 506 g/mol. The number of hydrogen-bond acceptors (Lipinski definition) is 4. The number of carboxylic acids is 4. The Labute approximate surface area is 197 Å². The Morgan fingerprint density at radius 3 is 1.11 bits per heavy atom. The molecule has 0 saturated carbocycles. The van der Waals surface area contributed by atoms with E-state index in [2.05, 4.69) is 0 Å². The fraction of sp³-hybridized carbons (Fsp3) is 0.273. The maximum absolute atomic E-state index is 15.0. The van der Waals surface area contributed by atoms with E-state index in [0.29, 0.717) is 24.3 Å². The number of halogens is 6. The molecule has 4 N–H and O–H groups in total. The van der Waals surface area contributed by atoms with Crippen LogP contribution in [0.1, 0.15) is 52.6 Å². The predicted octanol–water partition coefficient (Wildman–Crippen LogP) is 4.22. The highest BCUT2D eigenvalue weighted by Gasteiger charge is 2.69. The van der Waals surface area contributed by atoms with Crippen LogP contribution in [0.4, 0.5) is 26.3 Å². The molecule has 2 rings (SSSR count). The maximum atomic E-state index is 15.0. The minimum Gasteiger partial charge on any atom is -0.478 e. The zero-order chi connectivity index (χ0) is 27.6. The van der Waals surface area contributed by atoms with Crippen LogP contribution in [0.2, 0.25) is 0 Å². The third-order valence-electron chi connectivity index (χ3n) is 5.81. The Kier molecular flexibility index (Phi) is 7.72. The fourth-order valence-electron chi connectivity index (χ4n) is 4.10. The van der Waals surface area contributed by atoms with Gasteiger partial charge in [0.1, 0.15) is 25.4 Å². The van der Waals surface area contributed by atoms with E-state index in [1.54, 1.807) is 0 Å². The second kappa shape index (κ2) is 9.87. The molecule has 0 saturated heterocycles. The van der Waals surface area contributed by atoms with Crippen molar-refractivity contribution in [1.82, 2.24) is 0 Å². The first-order chi connectivity index (χ1) is 16.6. The van der Waals surface area contributed by atoms with Gasteiger partial charge in [-0.25, -0.2) is 19.2 Å². The molecule has 194 valence electrons. The van der Waals surface area contributed by atoms with Gasteiger partial charge in [0.25, 0.3) is 0 Å². The Hall–Kier alpha value is -4.10. The van der Waals surface area contributed by atoms with Gasteiger partial charge in [0.05, 0.1) is 27.7 Å². The highest BCUT2D eigenvalue weighted by molar-refractivity contribution is 6.03. The Morgan fingerprint density at radius 1 is 0.583 bits per heavy atom. The lowest BCUT2D eigenvalue weighted by Crippen LogP contribution is -2.60. The molecule has 14 heteroatoms. The molecule has 0 spiro atoms. The lowest BCUT2D eigenvalue weighted by atomic mass is 9.56. The predicted molar refractivity (Wildman–Crippen MR) is 108 cm³/mol. The first-order valence-corrected chi connectivity index (χ1v) is 9.62. The van der Waals surface area contributed by atoms with Gasteiger partial charge in [0.2, 0.25) is 0 Å². The van der Waals surface area contributed by atoms with E-state index in [4.69, 9.17) is 0 Å². The van der Waals surface area contributed by atoms with Gasteiger partial charge in [-0.2, -0.15) is 13.2 Å². The second-order valence-corrected chi connectivity index (χ2v) is 7.67. The van der Waals surface area contributed by atoms with Crippen molar-refractivity contribution >= 4 is 23.9 Å². The topological polar surface area (TPSA) is 149 Å². The van der Waals surface area contributed by atoms with Crippen LogP contribution in [0, 0.1) is 5.41 Å². The number of rotatable bonds is 10. The van der Waals surface area contributed by atoms with Gasteiger partial charge in [0.15, 0.2) is 0 Å². The summed E-state index contributed by atoms with van der Waals surface area (Å²) in [6, 6.07) is 1.88. The molecule has 0 heterocycles. The minimum absolute atomic E-state index is 0.153. The SMILES string of the molecule is O=C(O)c1ccc(C(c2ccc(C(=O)O)c(C(=O)O)c2)(C(F)(F)F)C(CF)(CF)CF)cc1C(=O)O. The third kappa shape index (κ3) is 4.22. The van der Waals surface area contributed by atoms with Crippen molar-refractivity contribution in [2.75, 3.05) is 20.0 Å². The van der Waals surface area contributed by atoms with Crippen LogP contribution in [0.15, 0.2) is 36.4 Å². The molecule has 0 aliphatic carbocycles. The highest BCUT2D eigenvalue weighted by atomic mass is 19.4.